The molecule has 2 amide bonds. The molecule has 2 aromatic heterocycles. The molecule has 1 saturated carbocycles. The van der Waals surface area contributed by atoms with Crippen LogP contribution in [0.15, 0.2) is 16.9 Å². The van der Waals surface area contributed by atoms with Crippen LogP contribution in [0.5, 0.6) is 0 Å². The molecular weight excluding hydrogens is 316 g/mol. The number of imide groups is 1. The molecule has 1 aliphatic heterocycles. The van der Waals surface area contributed by atoms with Crippen molar-refractivity contribution >= 4 is 41.2 Å². The number of carbonyl (C=O) groups excluding carboxylic acids is 2. The van der Waals surface area contributed by atoms with Crippen molar-refractivity contribution in [2.24, 2.45) is 0 Å². The predicted molar refractivity (Wildman–Crippen MR) is 85.0 cm³/mol. The zero-order chi connectivity index (χ0) is 16.0. The lowest BCUT2D eigenvalue weighted by Crippen LogP contribution is -2.19. The molecule has 2 N–H and O–H groups in total. The Hall–Kier alpha value is -2.42. The van der Waals surface area contributed by atoms with Crippen molar-refractivity contribution in [1.82, 2.24) is 24.9 Å². The highest BCUT2D eigenvalue weighted by Crippen LogP contribution is 2.26. The highest BCUT2D eigenvalue weighted by atomic mass is 32.2. The van der Waals surface area contributed by atoms with E-state index in [0.717, 1.165) is 12.8 Å². The number of nitrogens with zero attached hydrogens (tertiary/aromatic N) is 4. The van der Waals surface area contributed by atoms with Crippen molar-refractivity contribution in [2.75, 3.05) is 11.6 Å². The summed E-state index contributed by atoms with van der Waals surface area (Å²) in [6.07, 6.45) is 7.55. The van der Waals surface area contributed by atoms with Gasteiger partial charge in [-0.15, -0.1) is 0 Å². The second-order valence-corrected chi connectivity index (χ2v) is 6.28. The van der Waals surface area contributed by atoms with Crippen molar-refractivity contribution in [3.8, 4) is 0 Å². The largest absolute Gasteiger partial charge is 0.351 e. The van der Waals surface area contributed by atoms with Crippen LogP contribution in [0, 0.1) is 0 Å². The number of hydrogen-bond acceptors (Lipinski definition) is 7. The molecule has 23 heavy (non-hydrogen) atoms. The Morgan fingerprint density at radius 3 is 2.87 bits per heavy atom. The minimum atomic E-state index is -0.357. The van der Waals surface area contributed by atoms with Gasteiger partial charge in [0, 0.05) is 17.2 Å². The summed E-state index contributed by atoms with van der Waals surface area (Å²) in [5.74, 6) is 0.0107. The molecule has 0 bridgehead atoms. The third kappa shape index (κ3) is 2.67. The molecule has 0 atom stereocenters. The number of fused-ring (bicyclic) bond motifs is 1. The third-order valence-electron chi connectivity index (χ3n) is 3.69. The highest BCUT2D eigenvalue weighted by molar-refractivity contribution is 7.98. The monoisotopic (exact) mass is 330 g/mol. The van der Waals surface area contributed by atoms with E-state index in [9.17, 15) is 9.59 Å². The van der Waals surface area contributed by atoms with Gasteiger partial charge in [0.25, 0.3) is 5.91 Å². The van der Waals surface area contributed by atoms with Crippen molar-refractivity contribution in [3.05, 3.63) is 17.3 Å². The van der Waals surface area contributed by atoms with Crippen molar-refractivity contribution in [2.45, 2.75) is 30.5 Å². The van der Waals surface area contributed by atoms with Crippen LogP contribution < -0.4 is 10.6 Å². The molecule has 118 valence electrons. The molecule has 0 unspecified atom stereocenters. The van der Waals surface area contributed by atoms with Gasteiger partial charge in [-0.25, -0.2) is 4.98 Å². The average Bonchev–Trinajstić information content (AvgIpc) is 3.16. The number of carbonyl (C=O) groups is 2. The molecule has 0 aromatic carbocycles. The van der Waals surface area contributed by atoms with Gasteiger partial charge in [0.2, 0.25) is 11.9 Å². The lowest BCUT2D eigenvalue weighted by Gasteiger charge is -2.07. The maximum Gasteiger partial charge on any atom is 0.254 e. The number of amides is 2. The summed E-state index contributed by atoms with van der Waals surface area (Å²) in [4.78, 5) is 32.0. The first-order valence-corrected chi connectivity index (χ1v) is 8.47. The number of rotatable bonds is 4. The summed E-state index contributed by atoms with van der Waals surface area (Å²) in [5, 5.41) is 10.6. The van der Waals surface area contributed by atoms with Gasteiger partial charge in [-0.1, -0.05) is 11.8 Å². The van der Waals surface area contributed by atoms with Crippen molar-refractivity contribution in [3.63, 3.8) is 0 Å². The normalized spacial score (nSPS) is 19.6. The van der Waals surface area contributed by atoms with Crippen LogP contribution in [0.25, 0.3) is 11.7 Å². The number of hydrogen-bond donors (Lipinski definition) is 2. The van der Waals surface area contributed by atoms with Gasteiger partial charge in [-0.3, -0.25) is 14.9 Å². The Kier molecular flexibility index (Phi) is 3.29. The predicted octanol–water partition coefficient (Wildman–Crippen LogP) is 0.850. The molecule has 9 heteroatoms. The Morgan fingerprint density at radius 1 is 1.39 bits per heavy atom. The number of aromatic nitrogens is 4. The summed E-state index contributed by atoms with van der Waals surface area (Å²) in [6.45, 7) is 0. The van der Waals surface area contributed by atoms with Crippen LogP contribution in [0.2, 0.25) is 0 Å². The third-order valence-corrected chi connectivity index (χ3v) is 4.24. The zero-order valence-corrected chi connectivity index (χ0v) is 13.2. The van der Waals surface area contributed by atoms with E-state index < -0.39 is 0 Å². The van der Waals surface area contributed by atoms with E-state index in [1.165, 1.54) is 11.8 Å². The molecule has 8 nitrogen and oxygen atoms in total. The molecule has 1 saturated heterocycles. The first-order valence-electron chi connectivity index (χ1n) is 7.25. The molecule has 2 aromatic rings. The second-order valence-electron chi connectivity index (χ2n) is 5.51. The first kappa shape index (κ1) is 14.2. The van der Waals surface area contributed by atoms with Crippen LogP contribution in [-0.4, -0.2) is 43.7 Å². The molecule has 2 fully saturated rings. The Labute approximate surface area is 135 Å². The quantitative estimate of drug-likeness (QED) is 0.487. The topological polar surface area (TPSA) is 101 Å². The minimum absolute atomic E-state index is 0.0871. The summed E-state index contributed by atoms with van der Waals surface area (Å²) in [6, 6.07) is 0.437. The smallest absolute Gasteiger partial charge is 0.254 e. The van der Waals surface area contributed by atoms with E-state index in [1.807, 2.05) is 6.26 Å². The fraction of sp³-hybridized carbons (Fsp3) is 0.357. The minimum Gasteiger partial charge on any atom is -0.351 e. The van der Waals surface area contributed by atoms with Crippen LogP contribution >= 0.6 is 11.8 Å². The zero-order valence-electron chi connectivity index (χ0n) is 12.4. The molecular formula is C14H14N6O2S. The summed E-state index contributed by atoms with van der Waals surface area (Å²) in [7, 11) is 0. The van der Waals surface area contributed by atoms with Crippen molar-refractivity contribution < 1.29 is 9.59 Å². The molecule has 3 heterocycles. The Morgan fingerprint density at radius 2 is 2.22 bits per heavy atom. The molecule has 4 rings (SSSR count). The first-order chi connectivity index (χ1) is 11.1. The number of thioether (sulfide) groups is 1. The lowest BCUT2D eigenvalue weighted by molar-refractivity contribution is -0.124. The van der Waals surface area contributed by atoms with Crippen LogP contribution in [0.3, 0.4) is 0 Å². The molecule has 1 aliphatic carbocycles. The summed E-state index contributed by atoms with van der Waals surface area (Å²) >= 11 is 1.44. The standard InChI is InChI=1S/C14H14N6O2S/c1-23-14-18-11-8(4-7-5-10(21)17-12(7)22)6-15-20(11)13(19-14)16-9-2-3-9/h4,6,9H,2-3,5H2,1H3,(H,16,18,19)(H,17,21,22). The van der Waals surface area contributed by atoms with Gasteiger partial charge in [0.1, 0.15) is 0 Å². The number of nitrogens with one attached hydrogen (secondary N) is 2. The number of anilines is 1. The highest BCUT2D eigenvalue weighted by Gasteiger charge is 2.26. The van der Waals surface area contributed by atoms with Gasteiger partial charge in [-0.05, 0) is 25.2 Å². The Bertz CT molecular complexity index is 854. The van der Waals surface area contributed by atoms with Crippen LogP contribution in [-0.2, 0) is 9.59 Å². The maximum atomic E-state index is 11.7. The van der Waals surface area contributed by atoms with E-state index in [4.69, 9.17) is 0 Å². The van der Waals surface area contributed by atoms with Gasteiger partial charge in [0.05, 0.1) is 12.6 Å². The molecule has 2 aliphatic rings. The van der Waals surface area contributed by atoms with E-state index in [2.05, 4.69) is 25.7 Å². The van der Waals surface area contributed by atoms with E-state index >= 15 is 0 Å². The van der Waals surface area contributed by atoms with Gasteiger partial charge < -0.3 is 5.32 Å². The Balaban J connectivity index is 1.80. The average molecular weight is 330 g/mol. The summed E-state index contributed by atoms with van der Waals surface area (Å²) in [5.41, 5.74) is 1.74. The molecule has 0 radical (unpaired) electrons. The SMILES string of the molecule is CSc1nc(NC2CC2)n2ncc(C=C3CC(=O)NC3=O)c2n1. The van der Waals surface area contributed by atoms with Gasteiger partial charge >= 0.3 is 0 Å². The maximum absolute atomic E-state index is 11.7. The lowest BCUT2D eigenvalue weighted by atomic mass is 10.1. The summed E-state index contributed by atoms with van der Waals surface area (Å²) < 4.78 is 1.64. The fourth-order valence-corrected chi connectivity index (χ4v) is 2.74. The van der Waals surface area contributed by atoms with Crippen LogP contribution in [0.1, 0.15) is 24.8 Å². The van der Waals surface area contributed by atoms with Gasteiger partial charge in [0.15, 0.2) is 10.8 Å². The second kappa shape index (κ2) is 5.34. The van der Waals surface area contributed by atoms with E-state index in [0.29, 0.717) is 33.9 Å². The fourth-order valence-electron chi connectivity index (χ4n) is 2.38. The van der Waals surface area contributed by atoms with E-state index in [1.54, 1.807) is 16.8 Å². The van der Waals surface area contributed by atoms with Crippen molar-refractivity contribution in [1.29, 1.82) is 0 Å². The molecule has 0 spiro atoms. The van der Waals surface area contributed by atoms with Gasteiger partial charge in [-0.2, -0.15) is 14.6 Å². The van der Waals surface area contributed by atoms with E-state index in [-0.39, 0.29) is 18.2 Å². The van der Waals surface area contributed by atoms with Crippen LogP contribution in [0.4, 0.5) is 5.95 Å².